The minimum Gasteiger partial charge on any atom is -0.396 e. The maximum atomic E-state index is 8.84. The number of aliphatic hydroxyl groups excluding tert-OH is 1. The van der Waals surface area contributed by atoms with Crippen LogP contribution >= 0.6 is 0 Å². The highest BCUT2D eigenvalue weighted by Gasteiger charge is 2.39. The summed E-state index contributed by atoms with van der Waals surface area (Å²) >= 11 is 0. The van der Waals surface area contributed by atoms with Gasteiger partial charge in [0, 0.05) is 25.9 Å². The van der Waals surface area contributed by atoms with Crippen LogP contribution in [0.15, 0.2) is 0 Å². The van der Waals surface area contributed by atoms with Gasteiger partial charge in [0.15, 0.2) is 0 Å². The van der Waals surface area contributed by atoms with Crippen LogP contribution < -0.4 is 0 Å². The molecule has 0 aromatic carbocycles. The van der Waals surface area contributed by atoms with Crippen LogP contribution in [-0.2, 0) is 0 Å². The maximum Gasteiger partial charge on any atom is 0.0912 e. The second-order valence-electron chi connectivity index (χ2n) is 4.22. The van der Waals surface area contributed by atoms with Gasteiger partial charge in [0.25, 0.3) is 0 Å². The Hall–Kier alpha value is -0.0800. The third kappa shape index (κ3) is 1.57. The highest BCUT2D eigenvalue weighted by atomic mass is 16.3. The van der Waals surface area contributed by atoms with E-state index in [1.807, 2.05) is 0 Å². The molecule has 1 aliphatic heterocycles. The van der Waals surface area contributed by atoms with E-state index in [4.69, 9.17) is 5.11 Å². The van der Waals surface area contributed by atoms with Gasteiger partial charge in [-0.2, -0.15) is 0 Å². The standard InChI is InChI=1S/C9H20NO/c1-8-4-5-9(6-7-11)10(8,2)3/h8-9,11H,4-7H2,1-3H3/q+1. The van der Waals surface area contributed by atoms with Gasteiger partial charge < -0.3 is 9.59 Å². The Bertz CT molecular complexity index is 132. The molecular weight excluding hydrogens is 138 g/mol. The molecule has 11 heavy (non-hydrogen) atoms. The molecule has 2 heteroatoms. The van der Waals surface area contributed by atoms with Crippen molar-refractivity contribution in [2.24, 2.45) is 0 Å². The molecule has 1 aliphatic rings. The van der Waals surface area contributed by atoms with Gasteiger partial charge in [0.2, 0.25) is 0 Å². The molecule has 1 heterocycles. The van der Waals surface area contributed by atoms with Gasteiger partial charge in [-0.1, -0.05) is 0 Å². The minimum absolute atomic E-state index is 0.346. The van der Waals surface area contributed by atoms with Crippen molar-refractivity contribution in [2.45, 2.75) is 38.3 Å². The largest absolute Gasteiger partial charge is 0.396 e. The molecule has 2 nitrogen and oxygen atoms in total. The van der Waals surface area contributed by atoms with Crippen molar-refractivity contribution >= 4 is 0 Å². The van der Waals surface area contributed by atoms with E-state index in [-0.39, 0.29) is 0 Å². The Balaban J connectivity index is 2.55. The fraction of sp³-hybridized carbons (Fsp3) is 1.00. The number of likely N-dealkylation sites (tertiary alicyclic amines) is 1. The SMILES string of the molecule is CC1CCC(CCO)[N+]1(C)C. The Morgan fingerprint density at radius 1 is 1.36 bits per heavy atom. The van der Waals surface area contributed by atoms with Crippen molar-refractivity contribution in [3.05, 3.63) is 0 Å². The lowest BCUT2D eigenvalue weighted by atomic mass is 10.1. The summed E-state index contributed by atoms with van der Waals surface area (Å²) in [5.41, 5.74) is 0. The quantitative estimate of drug-likeness (QED) is 0.594. The summed E-state index contributed by atoms with van der Waals surface area (Å²) in [6.45, 7) is 2.65. The number of rotatable bonds is 2. The summed E-state index contributed by atoms with van der Waals surface area (Å²) in [7, 11) is 4.55. The lowest BCUT2D eigenvalue weighted by Gasteiger charge is -2.35. The molecule has 1 rings (SSSR count). The van der Waals surface area contributed by atoms with Crippen LogP contribution in [0, 0.1) is 0 Å². The van der Waals surface area contributed by atoms with Crippen LogP contribution in [0.1, 0.15) is 26.2 Å². The Morgan fingerprint density at radius 3 is 2.36 bits per heavy atom. The highest BCUT2D eigenvalue weighted by Crippen LogP contribution is 2.30. The van der Waals surface area contributed by atoms with Crippen LogP contribution in [0.3, 0.4) is 0 Å². The van der Waals surface area contributed by atoms with Crippen LogP contribution in [-0.4, -0.2) is 42.4 Å². The molecule has 0 radical (unpaired) electrons. The third-order valence-electron chi connectivity index (χ3n) is 3.46. The zero-order chi connectivity index (χ0) is 8.48. The average Bonchev–Trinajstić information content (AvgIpc) is 2.16. The first kappa shape index (κ1) is 9.01. The summed E-state index contributed by atoms with van der Waals surface area (Å²) in [6.07, 6.45) is 3.57. The van der Waals surface area contributed by atoms with E-state index in [1.54, 1.807) is 0 Å². The summed E-state index contributed by atoms with van der Waals surface area (Å²) in [6, 6.07) is 1.46. The van der Waals surface area contributed by atoms with Gasteiger partial charge in [0.05, 0.1) is 26.2 Å². The van der Waals surface area contributed by atoms with Gasteiger partial charge in [-0.25, -0.2) is 0 Å². The predicted molar refractivity (Wildman–Crippen MR) is 46.3 cm³/mol. The first-order chi connectivity index (χ1) is 5.09. The lowest BCUT2D eigenvalue weighted by molar-refractivity contribution is -0.923. The molecule has 1 N–H and O–H groups in total. The maximum absolute atomic E-state index is 8.84. The second-order valence-corrected chi connectivity index (χ2v) is 4.22. The van der Waals surface area contributed by atoms with Crippen molar-refractivity contribution < 1.29 is 9.59 Å². The molecule has 0 spiro atoms. The second kappa shape index (κ2) is 3.11. The first-order valence-electron chi connectivity index (χ1n) is 4.53. The van der Waals surface area contributed by atoms with Crippen molar-refractivity contribution in [2.75, 3.05) is 20.7 Å². The van der Waals surface area contributed by atoms with E-state index >= 15 is 0 Å². The molecule has 0 aromatic rings. The Labute approximate surface area is 69.4 Å². The summed E-state index contributed by atoms with van der Waals surface area (Å²) < 4.78 is 1.10. The van der Waals surface area contributed by atoms with E-state index in [0.717, 1.165) is 16.9 Å². The molecule has 0 amide bonds. The molecule has 0 bridgehead atoms. The van der Waals surface area contributed by atoms with Crippen molar-refractivity contribution in [3.8, 4) is 0 Å². The summed E-state index contributed by atoms with van der Waals surface area (Å²) in [4.78, 5) is 0. The number of nitrogens with zero attached hydrogens (tertiary/aromatic N) is 1. The monoisotopic (exact) mass is 158 g/mol. The molecule has 0 saturated carbocycles. The van der Waals surface area contributed by atoms with Gasteiger partial charge >= 0.3 is 0 Å². The molecule has 0 aromatic heterocycles. The molecule has 1 fully saturated rings. The number of quaternary nitrogens is 1. The molecule has 0 aliphatic carbocycles. The van der Waals surface area contributed by atoms with Crippen LogP contribution in [0.5, 0.6) is 0 Å². The molecule has 2 atom stereocenters. The predicted octanol–water partition coefficient (Wildman–Crippen LogP) is 0.996. The van der Waals surface area contributed by atoms with Crippen LogP contribution in [0.2, 0.25) is 0 Å². The van der Waals surface area contributed by atoms with E-state index in [0.29, 0.717) is 12.6 Å². The molecule has 2 unspecified atom stereocenters. The number of hydrogen-bond donors (Lipinski definition) is 1. The van der Waals surface area contributed by atoms with E-state index < -0.39 is 0 Å². The molecule has 66 valence electrons. The zero-order valence-electron chi connectivity index (χ0n) is 7.88. The van der Waals surface area contributed by atoms with Gasteiger partial charge in [0.1, 0.15) is 0 Å². The van der Waals surface area contributed by atoms with E-state index in [2.05, 4.69) is 21.0 Å². The summed E-state index contributed by atoms with van der Waals surface area (Å²) in [5.74, 6) is 0. The average molecular weight is 158 g/mol. The van der Waals surface area contributed by atoms with E-state index in [1.165, 1.54) is 12.8 Å². The van der Waals surface area contributed by atoms with Gasteiger partial charge in [-0.05, 0) is 6.92 Å². The first-order valence-corrected chi connectivity index (χ1v) is 4.53. The normalized spacial score (nSPS) is 36.0. The number of aliphatic hydroxyl groups is 1. The minimum atomic E-state index is 0.346. The highest BCUT2D eigenvalue weighted by molar-refractivity contribution is 4.70. The lowest BCUT2D eigenvalue weighted by Crippen LogP contribution is -2.49. The van der Waals surface area contributed by atoms with Crippen molar-refractivity contribution in [1.29, 1.82) is 0 Å². The van der Waals surface area contributed by atoms with Crippen molar-refractivity contribution in [3.63, 3.8) is 0 Å². The Morgan fingerprint density at radius 2 is 2.00 bits per heavy atom. The van der Waals surface area contributed by atoms with Crippen molar-refractivity contribution in [1.82, 2.24) is 0 Å². The van der Waals surface area contributed by atoms with Crippen LogP contribution in [0.25, 0.3) is 0 Å². The molecular formula is C9H20NO+. The number of hydrogen-bond acceptors (Lipinski definition) is 1. The topological polar surface area (TPSA) is 20.2 Å². The van der Waals surface area contributed by atoms with Gasteiger partial charge in [-0.15, -0.1) is 0 Å². The van der Waals surface area contributed by atoms with Crippen LogP contribution in [0.4, 0.5) is 0 Å². The van der Waals surface area contributed by atoms with Gasteiger partial charge in [-0.3, -0.25) is 0 Å². The fourth-order valence-corrected chi connectivity index (χ4v) is 2.09. The molecule has 1 saturated heterocycles. The smallest absolute Gasteiger partial charge is 0.0912 e. The fourth-order valence-electron chi connectivity index (χ4n) is 2.09. The van der Waals surface area contributed by atoms with E-state index in [9.17, 15) is 0 Å². The Kier molecular flexibility index (Phi) is 2.55. The third-order valence-corrected chi connectivity index (χ3v) is 3.46. The summed E-state index contributed by atoms with van der Waals surface area (Å²) in [5, 5.41) is 8.84. The zero-order valence-corrected chi connectivity index (χ0v) is 7.88.